The molecule has 0 radical (unpaired) electrons. The topological polar surface area (TPSA) is 66.2 Å². The molecule has 1 fully saturated rings. The standard InChI is InChI=1S/C14H15N3O3/c1-19-10-5-6-13(20-2)12(7-10)17-14(9-3-4-9)11(8-18)15-16-17/h5-9H,3-4H2,1-2H3. The van der Waals surface area contributed by atoms with Gasteiger partial charge in [-0.2, -0.15) is 0 Å². The van der Waals surface area contributed by atoms with Crippen molar-refractivity contribution in [1.29, 1.82) is 0 Å². The molecular formula is C14H15N3O3. The molecule has 0 N–H and O–H groups in total. The monoisotopic (exact) mass is 273 g/mol. The fourth-order valence-electron chi connectivity index (χ4n) is 2.26. The second kappa shape index (κ2) is 4.96. The van der Waals surface area contributed by atoms with Crippen molar-refractivity contribution in [2.45, 2.75) is 18.8 Å². The van der Waals surface area contributed by atoms with Crippen LogP contribution in [0.25, 0.3) is 5.69 Å². The summed E-state index contributed by atoms with van der Waals surface area (Å²) in [6, 6.07) is 5.46. The van der Waals surface area contributed by atoms with E-state index in [0.717, 1.165) is 30.5 Å². The minimum atomic E-state index is 0.348. The van der Waals surface area contributed by atoms with Gasteiger partial charge in [0.05, 0.1) is 19.9 Å². The van der Waals surface area contributed by atoms with Crippen molar-refractivity contribution in [3.05, 3.63) is 29.6 Å². The van der Waals surface area contributed by atoms with Gasteiger partial charge in [-0.05, 0) is 25.0 Å². The summed E-state index contributed by atoms with van der Waals surface area (Å²) in [7, 11) is 3.20. The molecule has 2 aromatic rings. The van der Waals surface area contributed by atoms with Crippen molar-refractivity contribution in [3.8, 4) is 17.2 Å². The summed E-state index contributed by atoms with van der Waals surface area (Å²) in [6.45, 7) is 0. The zero-order valence-corrected chi connectivity index (χ0v) is 11.4. The summed E-state index contributed by atoms with van der Waals surface area (Å²) in [4.78, 5) is 11.1. The summed E-state index contributed by atoms with van der Waals surface area (Å²) in [5, 5.41) is 8.05. The molecule has 6 nitrogen and oxygen atoms in total. The van der Waals surface area contributed by atoms with Gasteiger partial charge in [0.25, 0.3) is 0 Å². The van der Waals surface area contributed by atoms with Crippen LogP contribution in [0.5, 0.6) is 11.5 Å². The third kappa shape index (κ3) is 2.03. The summed E-state index contributed by atoms with van der Waals surface area (Å²) in [5.41, 5.74) is 1.98. The Morgan fingerprint density at radius 2 is 2.10 bits per heavy atom. The molecule has 104 valence electrons. The van der Waals surface area contributed by atoms with Gasteiger partial charge >= 0.3 is 0 Å². The maximum absolute atomic E-state index is 11.1. The molecule has 1 aliphatic rings. The van der Waals surface area contributed by atoms with Crippen LogP contribution in [0.3, 0.4) is 0 Å². The largest absolute Gasteiger partial charge is 0.497 e. The number of carbonyl (C=O) groups excluding carboxylic acids is 1. The van der Waals surface area contributed by atoms with E-state index in [9.17, 15) is 4.79 Å². The third-order valence-corrected chi connectivity index (χ3v) is 3.42. The summed E-state index contributed by atoms with van der Waals surface area (Å²) in [5.74, 6) is 1.71. The predicted octanol–water partition coefficient (Wildman–Crippen LogP) is 1.97. The number of carbonyl (C=O) groups is 1. The van der Waals surface area contributed by atoms with Crippen molar-refractivity contribution in [2.24, 2.45) is 0 Å². The van der Waals surface area contributed by atoms with Crippen molar-refractivity contribution in [2.75, 3.05) is 14.2 Å². The van der Waals surface area contributed by atoms with Gasteiger partial charge in [0.2, 0.25) is 0 Å². The van der Waals surface area contributed by atoms with E-state index < -0.39 is 0 Å². The number of methoxy groups -OCH3 is 2. The lowest BCUT2D eigenvalue weighted by Crippen LogP contribution is -2.05. The Labute approximate surface area is 116 Å². The van der Waals surface area contributed by atoms with Gasteiger partial charge in [0.1, 0.15) is 22.9 Å². The summed E-state index contributed by atoms with van der Waals surface area (Å²) in [6.07, 6.45) is 2.87. The molecule has 1 aromatic carbocycles. The lowest BCUT2D eigenvalue weighted by Gasteiger charge is -2.12. The van der Waals surface area contributed by atoms with Crippen LogP contribution in [0.4, 0.5) is 0 Å². The Hall–Kier alpha value is -2.37. The molecule has 0 aliphatic heterocycles. The molecular weight excluding hydrogens is 258 g/mol. The molecule has 1 heterocycles. The first-order valence-corrected chi connectivity index (χ1v) is 6.41. The van der Waals surface area contributed by atoms with Gasteiger partial charge in [-0.15, -0.1) is 5.10 Å². The number of aldehydes is 1. The highest BCUT2D eigenvalue weighted by Gasteiger charge is 2.32. The van der Waals surface area contributed by atoms with E-state index in [0.29, 0.717) is 23.1 Å². The second-order valence-corrected chi connectivity index (χ2v) is 4.70. The number of aromatic nitrogens is 3. The molecule has 0 spiro atoms. The summed E-state index contributed by atoms with van der Waals surface area (Å²) >= 11 is 0. The van der Waals surface area contributed by atoms with E-state index in [1.54, 1.807) is 18.9 Å². The third-order valence-electron chi connectivity index (χ3n) is 3.42. The van der Waals surface area contributed by atoms with Gasteiger partial charge in [-0.25, -0.2) is 4.68 Å². The molecule has 6 heteroatoms. The van der Waals surface area contributed by atoms with Gasteiger partial charge in [-0.1, -0.05) is 5.21 Å². The zero-order valence-electron chi connectivity index (χ0n) is 11.4. The highest BCUT2D eigenvalue weighted by atomic mass is 16.5. The van der Waals surface area contributed by atoms with E-state index in [1.165, 1.54) is 0 Å². The molecule has 0 atom stereocenters. The molecule has 0 amide bonds. The van der Waals surface area contributed by atoms with E-state index in [1.807, 2.05) is 18.2 Å². The van der Waals surface area contributed by atoms with Crippen LogP contribution in [0.15, 0.2) is 18.2 Å². The average molecular weight is 273 g/mol. The van der Waals surface area contributed by atoms with Crippen molar-refractivity contribution in [3.63, 3.8) is 0 Å². The molecule has 1 aliphatic carbocycles. The molecule has 1 aromatic heterocycles. The molecule has 0 unspecified atom stereocenters. The molecule has 0 bridgehead atoms. The first-order chi connectivity index (χ1) is 9.78. The number of benzene rings is 1. The van der Waals surface area contributed by atoms with Crippen molar-refractivity contribution >= 4 is 6.29 Å². The van der Waals surface area contributed by atoms with Crippen LogP contribution in [0.2, 0.25) is 0 Å². The first kappa shape index (κ1) is 12.7. The number of ether oxygens (including phenoxy) is 2. The molecule has 0 saturated heterocycles. The average Bonchev–Trinajstić information content (AvgIpc) is 3.25. The fourth-order valence-corrected chi connectivity index (χ4v) is 2.26. The summed E-state index contributed by atoms with van der Waals surface area (Å²) < 4.78 is 12.3. The lowest BCUT2D eigenvalue weighted by molar-refractivity contribution is 0.111. The minimum Gasteiger partial charge on any atom is -0.497 e. The zero-order chi connectivity index (χ0) is 14.1. The van der Waals surface area contributed by atoms with Crippen LogP contribution in [-0.2, 0) is 0 Å². The number of hydrogen-bond donors (Lipinski definition) is 0. The molecule has 1 saturated carbocycles. The van der Waals surface area contributed by atoms with E-state index >= 15 is 0 Å². The minimum absolute atomic E-state index is 0.348. The maximum atomic E-state index is 11.1. The Morgan fingerprint density at radius 1 is 1.30 bits per heavy atom. The van der Waals surface area contributed by atoms with Crippen LogP contribution in [-0.4, -0.2) is 35.5 Å². The van der Waals surface area contributed by atoms with Crippen molar-refractivity contribution < 1.29 is 14.3 Å². The fraction of sp³-hybridized carbons (Fsp3) is 0.357. The van der Waals surface area contributed by atoms with Crippen molar-refractivity contribution in [1.82, 2.24) is 15.0 Å². The Kier molecular flexibility index (Phi) is 3.14. The van der Waals surface area contributed by atoms with Gasteiger partial charge in [0, 0.05) is 12.0 Å². The van der Waals surface area contributed by atoms with Crippen LogP contribution < -0.4 is 9.47 Å². The SMILES string of the molecule is COc1ccc(OC)c(-n2nnc(C=O)c2C2CC2)c1. The molecule has 3 rings (SSSR count). The number of hydrogen-bond acceptors (Lipinski definition) is 5. The van der Waals surface area contributed by atoms with Gasteiger partial charge < -0.3 is 9.47 Å². The Morgan fingerprint density at radius 3 is 2.70 bits per heavy atom. The smallest absolute Gasteiger partial charge is 0.172 e. The van der Waals surface area contributed by atoms with Crippen LogP contribution >= 0.6 is 0 Å². The Balaban J connectivity index is 2.17. The highest BCUT2D eigenvalue weighted by Crippen LogP contribution is 2.42. The van der Waals surface area contributed by atoms with Crippen LogP contribution in [0, 0.1) is 0 Å². The van der Waals surface area contributed by atoms with Gasteiger partial charge in [0.15, 0.2) is 6.29 Å². The maximum Gasteiger partial charge on any atom is 0.172 e. The Bertz CT molecular complexity index is 647. The number of rotatable bonds is 5. The lowest BCUT2D eigenvalue weighted by atomic mass is 10.2. The van der Waals surface area contributed by atoms with E-state index in [4.69, 9.17) is 9.47 Å². The normalized spacial score (nSPS) is 14.1. The predicted molar refractivity (Wildman–Crippen MR) is 71.8 cm³/mol. The first-order valence-electron chi connectivity index (χ1n) is 6.41. The van der Waals surface area contributed by atoms with Crippen LogP contribution in [0.1, 0.15) is 34.9 Å². The number of nitrogens with zero attached hydrogens (tertiary/aromatic N) is 3. The highest BCUT2D eigenvalue weighted by molar-refractivity contribution is 5.74. The van der Waals surface area contributed by atoms with E-state index in [-0.39, 0.29) is 0 Å². The quantitative estimate of drug-likeness (QED) is 0.779. The molecule has 20 heavy (non-hydrogen) atoms. The van der Waals surface area contributed by atoms with E-state index in [2.05, 4.69) is 10.3 Å². The van der Waals surface area contributed by atoms with Gasteiger partial charge in [-0.3, -0.25) is 4.79 Å². The second-order valence-electron chi connectivity index (χ2n) is 4.70.